The highest BCUT2D eigenvalue weighted by atomic mass is 16.3. The highest BCUT2D eigenvalue weighted by Crippen LogP contribution is 2.36. The van der Waals surface area contributed by atoms with Gasteiger partial charge in [0.25, 0.3) is 0 Å². The molecule has 0 radical (unpaired) electrons. The summed E-state index contributed by atoms with van der Waals surface area (Å²) < 4.78 is 8.68. The van der Waals surface area contributed by atoms with Gasteiger partial charge in [-0.1, -0.05) is 109 Å². The summed E-state index contributed by atoms with van der Waals surface area (Å²) in [5, 5.41) is 2.46. The molecule has 7 aromatic carbocycles. The monoisotopic (exact) mass is 588 g/mol. The zero-order valence-corrected chi connectivity index (χ0v) is 25.0. The fourth-order valence-electron chi connectivity index (χ4n) is 6.55. The molecule has 0 N–H and O–H groups in total. The standard InChI is InChI=1S/C43H28N2O/c1-3-10-29(11-4-1)32-12-9-13-33(26-32)30-18-20-31(21-19-30)43-44-39-24-22-35(28-42(39)46-43)34-23-25-41-38(27-34)37-16-7-8-17-40(37)45(41)36-14-5-2-6-15-36/h1-28H. The lowest BCUT2D eigenvalue weighted by atomic mass is 9.98. The molecule has 0 amide bonds. The van der Waals surface area contributed by atoms with Crippen molar-refractivity contribution in [3.05, 3.63) is 170 Å². The number of para-hydroxylation sites is 2. The molecule has 0 bridgehead atoms. The Morgan fingerprint density at radius 3 is 1.76 bits per heavy atom. The summed E-state index contributed by atoms with van der Waals surface area (Å²) >= 11 is 0. The van der Waals surface area contributed by atoms with Gasteiger partial charge in [-0.3, -0.25) is 0 Å². The maximum Gasteiger partial charge on any atom is 0.227 e. The van der Waals surface area contributed by atoms with Gasteiger partial charge < -0.3 is 8.98 Å². The van der Waals surface area contributed by atoms with E-state index < -0.39 is 0 Å². The van der Waals surface area contributed by atoms with Crippen LogP contribution < -0.4 is 0 Å². The SMILES string of the molecule is c1ccc(-c2cccc(-c3ccc(-c4nc5ccc(-c6ccc7c(c6)c6ccccc6n7-c6ccccc6)cc5o4)cc3)c2)cc1. The lowest BCUT2D eigenvalue weighted by molar-refractivity contribution is 0.620. The molecular weight excluding hydrogens is 560 g/mol. The van der Waals surface area contributed by atoms with Crippen LogP contribution in [0.25, 0.3) is 83.4 Å². The average Bonchev–Trinajstić information content (AvgIpc) is 3.71. The minimum absolute atomic E-state index is 0.623. The van der Waals surface area contributed by atoms with Crippen molar-refractivity contribution in [3.8, 4) is 50.5 Å². The number of oxazole rings is 1. The van der Waals surface area contributed by atoms with E-state index in [1.54, 1.807) is 0 Å². The van der Waals surface area contributed by atoms with E-state index in [4.69, 9.17) is 9.40 Å². The van der Waals surface area contributed by atoms with E-state index in [-0.39, 0.29) is 0 Å². The molecule has 9 aromatic rings. The van der Waals surface area contributed by atoms with Crippen LogP contribution in [0.2, 0.25) is 0 Å². The summed E-state index contributed by atoms with van der Waals surface area (Å²) in [6.45, 7) is 0. The Morgan fingerprint density at radius 1 is 0.391 bits per heavy atom. The highest BCUT2D eigenvalue weighted by Gasteiger charge is 2.14. The molecule has 216 valence electrons. The number of rotatable bonds is 5. The van der Waals surface area contributed by atoms with Gasteiger partial charge in [-0.15, -0.1) is 0 Å². The Morgan fingerprint density at radius 2 is 0.957 bits per heavy atom. The van der Waals surface area contributed by atoms with Crippen LogP contribution in [-0.2, 0) is 0 Å². The summed E-state index contributed by atoms with van der Waals surface area (Å²) in [6, 6.07) is 59.8. The third kappa shape index (κ3) is 4.49. The van der Waals surface area contributed by atoms with Crippen molar-refractivity contribution in [1.82, 2.24) is 9.55 Å². The number of nitrogens with zero attached hydrogens (tertiary/aromatic N) is 2. The summed E-state index contributed by atoms with van der Waals surface area (Å²) in [4.78, 5) is 4.83. The summed E-state index contributed by atoms with van der Waals surface area (Å²) in [5.74, 6) is 0.623. The van der Waals surface area contributed by atoms with Crippen LogP contribution in [-0.4, -0.2) is 9.55 Å². The summed E-state index contributed by atoms with van der Waals surface area (Å²) in [5.41, 5.74) is 13.1. The van der Waals surface area contributed by atoms with Gasteiger partial charge >= 0.3 is 0 Å². The number of hydrogen-bond donors (Lipinski definition) is 0. The van der Waals surface area contributed by atoms with Crippen molar-refractivity contribution in [3.63, 3.8) is 0 Å². The third-order valence-electron chi connectivity index (χ3n) is 8.84. The minimum Gasteiger partial charge on any atom is -0.436 e. The zero-order chi connectivity index (χ0) is 30.5. The second-order valence-electron chi connectivity index (χ2n) is 11.6. The molecule has 0 atom stereocenters. The van der Waals surface area contributed by atoms with Gasteiger partial charge in [-0.25, -0.2) is 4.98 Å². The molecule has 2 aromatic heterocycles. The van der Waals surface area contributed by atoms with Gasteiger partial charge in [0.15, 0.2) is 5.58 Å². The van der Waals surface area contributed by atoms with E-state index >= 15 is 0 Å². The molecule has 0 aliphatic heterocycles. The Kier molecular flexibility index (Phi) is 6.14. The molecule has 0 spiro atoms. The molecule has 2 heterocycles. The van der Waals surface area contributed by atoms with Crippen LogP contribution in [0, 0.1) is 0 Å². The molecular formula is C43H28N2O. The molecule has 0 aliphatic carbocycles. The summed E-state index contributed by atoms with van der Waals surface area (Å²) in [6.07, 6.45) is 0. The lowest BCUT2D eigenvalue weighted by Crippen LogP contribution is -1.92. The summed E-state index contributed by atoms with van der Waals surface area (Å²) in [7, 11) is 0. The lowest BCUT2D eigenvalue weighted by Gasteiger charge is -2.08. The van der Waals surface area contributed by atoms with E-state index in [0.29, 0.717) is 5.89 Å². The molecule has 0 saturated heterocycles. The predicted octanol–water partition coefficient (Wildman–Crippen LogP) is 11.6. The molecule has 0 fully saturated rings. The van der Waals surface area contributed by atoms with E-state index in [9.17, 15) is 0 Å². The van der Waals surface area contributed by atoms with E-state index in [2.05, 4.69) is 168 Å². The normalized spacial score (nSPS) is 11.5. The fourth-order valence-corrected chi connectivity index (χ4v) is 6.55. The molecule has 0 unspecified atom stereocenters. The van der Waals surface area contributed by atoms with Crippen LogP contribution in [0.15, 0.2) is 174 Å². The first-order chi connectivity index (χ1) is 22.8. The smallest absolute Gasteiger partial charge is 0.227 e. The molecule has 3 heteroatoms. The third-order valence-corrected chi connectivity index (χ3v) is 8.84. The van der Waals surface area contributed by atoms with Crippen molar-refractivity contribution in [2.45, 2.75) is 0 Å². The van der Waals surface area contributed by atoms with E-state index in [1.807, 2.05) is 6.07 Å². The Balaban J connectivity index is 1.05. The minimum atomic E-state index is 0.623. The van der Waals surface area contributed by atoms with Crippen LogP contribution in [0.1, 0.15) is 0 Å². The van der Waals surface area contributed by atoms with Gasteiger partial charge in [-0.05, 0) is 94.0 Å². The zero-order valence-electron chi connectivity index (χ0n) is 25.0. The van der Waals surface area contributed by atoms with E-state index in [0.717, 1.165) is 39.0 Å². The van der Waals surface area contributed by atoms with Crippen molar-refractivity contribution >= 4 is 32.9 Å². The first-order valence-electron chi connectivity index (χ1n) is 15.5. The van der Waals surface area contributed by atoms with Gasteiger partial charge in [0, 0.05) is 22.0 Å². The topological polar surface area (TPSA) is 31.0 Å². The van der Waals surface area contributed by atoms with Crippen molar-refractivity contribution < 1.29 is 4.42 Å². The number of hydrogen-bond acceptors (Lipinski definition) is 2. The Hall–Kier alpha value is -6.19. The molecule has 46 heavy (non-hydrogen) atoms. The molecule has 9 rings (SSSR count). The van der Waals surface area contributed by atoms with Crippen LogP contribution in [0.3, 0.4) is 0 Å². The largest absolute Gasteiger partial charge is 0.436 e. The quantitative estimate of drug-likeness (QED) is 0.200. The number of fused-ring (bicyclic) bond motifs is 4. The van der Waals surface area contributed by atoms with Crippen LogP contribution >= 0.6 is 0 Å². The van der Waals surface area contributed by atoms with Crippen LogP contribution in [0.4, 0.5) is 0 Å². The number of benzene rings is 7. The molecule has 3 nitrogen and oxygen atoms in total. The first-order valence-corrected chi connectivity index (χ1v) is 15.5. The second-order valence-corrected chi connectivity index (χ2v) is 11.6. The van der Waals surface area contributed by atoms with Crippen LogP contribution in [0.5, 0.6) is 0 Å². The van der Waals surface area contributed by atoms with Crippen molar-refractivity contribution in [2.24, 2.45) is 0 Å². The van der Waals surface area contributed by atoms with E-state index in [1.165, 1.54) is 38.5 Å². The fraction of sp³-hybridized carbons (Fsp3) is 0. The van der Waals surface area contributed by atoms with Gasteiger partial charge in [0.2, 0.25) is 5.89 Å². The van der Waals surface area contributed by atoms with Crippen molar-refractivity contribution in [2.75, 3.05) is 0 Å². The van der Waals surface area contributed by atoms with Gasteiger partial charge in [-0.2, -0.15) is 0 Å². The molecule has 0 saturated carbocycles. The maximum atomic E-state index is 6.34. The first kappa shape index (κ1) is 26.2. The van der Waals surface area contributed by atoms with Gasteiger partial charge in [0.05, 0.1) is 11.0 Å². The van der Waals surface area contributed by atoms with Gasteiger partial charge in [0.1, 0.15) is 5.52 Å². The molecule has 0 aliphatic rings. The second kappa shape index (κ2) is 10.8. The predicted molar refractivity (Wildman–Crippen MR) is 190 cm³/mol. The van der Waals surface area contributed by atoms with Crippen molar-refractivity contribution in [1.29, 1.82) is 0 Å². The Bertz CT molecular complexity index is 2510. The highest BCUT2D eigenvalue weighted by molar-refractivity contribution is 6.10. The Labute approximate surface area is 266 Å². The number of aromatic nitrogens is 2. The maximum absolute atomic E-state index is 6.34. The average molecular weight is 589 g/mol.